The summed E-state index contributed by atoms with van der Waals surface area (Å²) < 4.78 is 34.6. The minimum absolute atomic E-state index is 0.0135. The quantitative estimate of drug-likeness (QED) is 0.272. The number of amides is 2. The van der Waals surface area contributed by atoms with Crippen LogP contribution < -0.4 is 10.6 Å². The fraction of sp³-hybridized carbons (Fsp3) is 0.323. The zero-order chi connectivity index (χ0) is 30.3. The summed E-state index contributed by atoms with van der Waals surface area (Å²) in [6.07, 6.45) is -1.13. The molecule has 3 unspecified atom stereocenters. The number of sulfone groups is 1. The van der Waals surface area contributed by atoms with E-state index in [1.165, 1.54) is 0 Å². The number of fused-ring (bicyclic) bond motifs is 3. The molecule has 3 N–H and O–H groups in total. The van der Waals surface area contributed by atoms with Crippen LogP contribution in [0.5, 0.6) is 0 Å². The molecule has 1 aliphatic rings. The molecule has 0 aromatic heterocycles. The van der Waals surface area contributed by atoms with Crippen LogP contribution in [0.2, 0.25) is 0 Å². The maximum absolute atomic E-state index is 13.3. The number of nitrogens with one attached hydrogen (secondary N) is 2. The topological polar surface area (TPSA) is 148 Å². The number of carboxylic acids is 1. The summed E-state index contributed by atoms with van der Waals surface area (Å²) >= 11 is 0. The van der Waals surface area contributed by atoms with Gasteiger partial charge in [-0.25, -0.2) is 18.0 Å². The molecule has 0 saturated carbocycles. The molecule has 0 saturated heterocycles. The number of benzene rings is 3. The zero-order valence-electron chi connectivity index (χ0n) is 23.4. The molecule has 4 rings (SSSR count). The van der Waals surface area contributed by atoms with E-state index in [2.05, 4.69) is 10.6 Å². The maximum atomic E-state index is 13.3. The highest BCUT2D eigenvalue weighted by atomic mass is 32.2. The van der Waals surface area contributed by atoms with Gasteiger partial charge in [0.1, 0.15) is 28.5 Å². The molecule has 3 atom stereocenters. The first-order valence-electron chi connectivity index (χ1n) is 13.5. The molecule has 1 aliphatic carbocycles. The summed E-state index contributed by atoms with van der Waals surface area (Å²) in [6.45, 7) is 1.72. The van der Waals surface area contributed by atoms with Gasteiger partial charge in [-0.3, -0.25) is 4.79 Å². The lowest BCUT2D eigenvalue weighted by Crippen LogP contribution is -2.56. The summed E-state index contributed by atoms with van der Waals surface area (Å²) in [4.78, 5) is 38.1. The molecular weight excluding hydrogens is 560 g/mol. The molecule has 0 radical (unpaired) electrons. The van der Waals surface area contributed by atoms with Gasteiger partial charge in [0.2, 0.25) is 5.91 Å². The largest absolute Gasteiger partial charge is 0.480 e. The molecule has 3 aromatic rings. The van der Waals surface area contributed by atoms with Crippen molar-refractivity contribution in [1.82, 2.24) is 10.6 Å². The lowest BCUT2D eigenvalue weighted by Gasteiger charge is -2.26. The fourth-order valence-electron chi connectivity index (χ4n) is 4.91. The van der Waals surface area contributed by atoms with Crippen LogP contribution in [-0.4, -0.2) is 68.3 Å². The second-order valence-corrected chi connectivity index (χ2v) is 12.5. The van der Waals surface area contributed by atoms with E-state index in [4.69, 9.17) is 9.47 Å². The Balaban J connectivity index is 1.46. The van der Waals surface area contributed by atoms with Crippen molar-refractivity contribution in [3.63, 3.8) is 0 Å². The van der Waals surface area contributed by atoms with E-state index in [9.17, 15) is 27.9 Å². The Morgan fingerprint density at radius 3 is 2.02 bits per heavy atom. The van der Waals surface area contributed by atoms with Gasteiger partial charge in [0.25, 0.3) is 0 Å². The Hall–Kier alpha value is -4.22. The highest BCUT2D eigenvalue weighted by Gasteiger charge is 2.33. The third-order valence-corrected chi connectivity index (χ3v) is 8.09. The number of carbonyl (C=O) groups excluding carboxylic acids is 2. The number of aliphatic carboxylic acids is 1. The second kappa shape index (κ2) is 13.6. The average Bonchev–Trinajstić information content (AvgIpc) is 3.29. The van der Waals surface area contributed by atoms with Gasteiger partial charge in [-0.2, -0.15) is 0 Å². The van der Waals surface area contributed by atoms with E-state index in [-0.39, 0.29) is 25.6 Å². The number of hydrogen-bond acceptors (Lipinski definition) is 7. The molecule has 3 aromatic carbocycles. The van der Waals surface area contributed by atoms with Gasteiger partial charge in [-0.1, -0.05) is 78.9 Å². The average molecular weight is 595 g/mol. The van der Waals surface area contributed by atoms with Crippen molar-refractivity contribution >= 4 is 27.8 Å². The SMILES string of the molecule is CC(OCc1ccccc1)C(NC(=O)OCC1c2ccccc2-c2ccccc21)C(=O)NC(CCS(C)(=O)=O)C(=O)O. The van der Waals surface area contributed by atoms with E-state index in [0.29, 0.717) is 0 Å². The van der Waals surface area contributed by atoms with Crippen LogP contribution in [0.25, 0.3) is 11.1 Å². The minimum Gasteiger partial charge on any atom is -0.480 e. The van der Waals surface area contributed by atoms with Crippen molar-refractivity contribution in [2.24, 2.45) is 0 Å². The smallest absolute Gasteiger partial charge is 0.407 e. The van der Waals surface area contributed by atoms with E-state index in [0.717, 1.165) is 34.1 Å². The second-order valence-electron chi connectivity index (χ2n) is 10.3. The Morgan fingerprint density at radius 1 is 0.881 bits per heavy atom. The van der Waals surface area contributed by atoms with Crippen LogP contribution in [-0.2, 0) is 35.5 Å². The summed E-state index contributed by atoms with van der Waals surface area (Å²) in [6, 6.07) is 22.1. The van der Waals surface area contributed by atoms with Gasteiger partial charge in [0.15, 0.2) is 0 Å². The number of carboxylic acid groups (broad SMARTS) is 1. The molecule has 0 bridgehead atoms. The molecule has 0 spiro atoms. The molecular formula is C31H34N2O8S. The number of ether oxygens (including phenoxy) is 2. The van der Waals surface area contributed by atoms with Gasteiger partial charge in [-0.15, -0.1) is 0 Å². The number of hydrogen-bond donors (Lipinski definition) is 3. The van der Waals surface area contributed by atoms with Crippen LogP contribution in [0.1, 0.15) is 36.0 Å². The van der Waals surface area contributed by atoms with Gasteiger partial charge in [0, 0.05) is 12.2 Å². The molecule has 0 aliphatic heterocycles. The lowest BCUT2D eigenvalue weighted by molar-refractivity contribution is -0.142. The third-order valence-electron chi connectivity index (χ3n) is 7.12. The van der Waals surface area contributed by atoms with Crippen LogP contribution in [0.15, 0.2) is 78.9 Å². The predicted molar refractivity (Wildman–Crippen MR) is 157 cm³/mol. The number of alkyl carbamates (subject to hydrolysis) is 1. The Labute approximate surface area is 245 Å². The Bertz CT molecular complexity index is 1480. The monoisotopic (exact) mass is 594 g/mol. The standard InChI is InChI=1S/C31H34N2O8S/c1-20(40-18-21-10-4-3-5-11-21)28(29(34)32-27(30(35)36)16-17-42(2,38)39)33-31(37)41-19-26-24-14-8-6-12-22(24)23-13-7-9-15-25(23)26/h3-15,20,26-28H,16-19H2,1-2H3,(H,32,34)(H,33,37)(H,35,36). The highest BCUT2D eigenvalue weighted by Crippen LogP contribution is 2.44. The first-order chi connectivity index (χ1) is 20.0. The molecule has 0 fully saturated rings. The normalized spacial score (nSPS) is 14.6. The zero-order valence-corrected chi connectivity index (χ0v) is 24.2. The first kappa shape index (κ1) is 30.7. The van der Waals surface area contributed by atoms with Gasteiger partial charge >= 0.3 is 12.1 Å². The van der Waals surface area contributed by atoms with E-state index in [1.807, 2.05) is 78.9 Å². The van der Waals surface area contributed by atoms with Gasteiger partial charge in [-0.05, 0) is 41.2 Å². The Morgan fingerprint density at radius 2 is 1.45 bits per heavy atom. The van der Waals surface area contributed by atoms with Crippen LogP contribution in [0.4, 0.5) is 4.79 Å². The van der Waals surface area contributed by atoms with Crippen LogP contribution in [0, 0.1) is 0 Å². The Kier molecular flexibility index (Phi) is 9.97. The summed E-state index contributed by atoms with van der Waals surface area (Å²) in [5, 5.41) is 14.5. The molecule has 0 heterocycles. The molecule has 11 heteroatoms. The van der Waals surface area contributed by atoms with Gasteiger partial charge in [0.05, 0.1) is 18.5 Å². The van der Waals surface area contributed by atoms with E-state index >= 15 is 0 Å². The summed E-state index contributed by atoms with van der Waals surface area (Å²) in [5.41, 5.74) is 5.01. The maximum Gasteiger partial charge on any atom is 0.407 e. The summed E-state index contributed by atoms with van der Waals surface area (Å²) in [7, 11) is -3.47. The van der Waals surface area contributed by atoms with E-state index < -0.39 is 51.7 Å². The summed E-state index contributed by atoms with van der Waals surface area (Å²) in [5.74, 6) is -2.88. The first-order valence-corrected chi connectivity index (χ1v) is 15.6. The van der Waals surface area contributed by atoms with Crippen molar-refractivity contribution in [3.8, 4) is 11.1 Å². The lowest BCUT2D eigenvalue weighted by atomic mass is 9.98. The van der Waals surface area contributed by atoms with E-state index in [1.54, 1.807) is 6.92 Å². The van der Waals surface area contributed by atoms with Crippen molar-refractivity contribution in [3.05, 3.63) is 95.6 Å². The third kappa shape index (κ3) is 7.95. The van der Waals surface area contributed by atoms with Crippen molar-refractivity contribution in [1.29, 1.82) is 0 Å². The molecule has 222 valence electrons. The minimum atomic E-state index is -3.47. The van der Waals surface area contributed by atoms with Gasteiger partial charge < -0.3 is 25.2 Å². The van der Waals surface area contributed by atoms with Crippen molar-refractivity contribution < 1.29 is 37.4 Å². The molecule has 10 nitrogen and oxygen atoms in total. The van der Waals surface area contributed by atoms with Crippen molar-refractivity contribution in [2.75, 3.05) is 18.6 Å². The van der Waals surface area contributed by atoms with Crippen molar-refractivity contribution in [2.45, 2.75) is 44.1 Å². The molecule has 2 amide bonds. The highest BCUT2D eigenvalue weighted by molar-refractivity contribution is 7.90. The van der Waals surface area contributed by atoms with Crippen LogP contribution in [0.3, 0.4) is 0 Å². The fourth-order valence-corrected chi connectivity index (χ4v) is 5.58. The predicted octanol–water partition coefficient (Wildman–Crippen LogP) is 3.50. The number of rotatable bonds is 13. The number of carbonyl (C=O) groups is 3. The molecule has 42 heavy (non-hydrogen) atoms. The van der Waals surface area contributed by atoms with Crippen LogP contribution >= 0.6 is 0 Å².